The minimum atomic E-state index is -0.194. The molecular weight excluding hydrogens is 316 g/mol. The standard InChI is InChI=1S/C16H14N2O2S2/c19-16(12-8-13(20-18-12)10-3-4-10)17-15(11-5-7-21-9-11)14-2-1-6-22-14/h1-2,5-10,15H,3-4H2,(H,17,19)/t15-/m1/s1. The minimum absolute atomic E-state index is 0.139. The molecule has 4 rings (SSSR count). The van der Waals surface area contributed by atoms with E-state index >= 15 is 0 Å². The predicted molar refractivity (Wildman–Crippen MR) is 86.4 cm³/mol. The van der Waals surface area contributed by atoms with Gasteiger partial charge < -0.3 is 9.84 Å². The van der Waals surface area contributed by atoms with E-state index in [0.717, 1.165) is 29.0 Å². The van der Waals surface area contributed by atoms with E-state index in [9.17, 15) is 4.79 Å². The number of hydrogen-bond acceptors (Lipinski definition) is 5. The van der Waals surface area contributed by atoms with Crippen LogP contribution in [-0.2, 0) is 0 Å². The van der Waals surface area contributed by atoms with Crippen molar-refractivity contribution in [2.24, 2.45) is 0 Å². The molecule has 6 heteroatoms. The topological polar surface area (TPSA) is 55.1 Å². The molecule has 3 aromatic heterocycles. The SMILES string of the molecule is O=C(N[C@H](c1ccsc1)c1cccs1)c1cc(C2CC2)on1. The lowest BCUT2D eigenvalue weighted by Gasteiger charge is -2.15. The molecule has 3 aromatic rings. The van der Waals surface area contributed by atoms with Crippen LogP contribution >= 0.6 is 22.7 Å². The molecule has 0 aromatic carbocycles. The van der Waals surface area contributed by atoms with Crippen molar-refractivity contribution in [3.63, 3.8) is 0 Å². The van der Waals surface area contributed by atoms with Gasteiger partial charge in [-0.2, -0.15) is 11.3 Å². The van der Waals surface area contributed by atoms with Gasteiger partial charge in [0.1, 0.15) is 5.76 Å². The smallest absolute Gasteiger partial charge is 0.274 e. The Morgan fingerprint density at radius 3 is 2.95 bits per heavy atom. The van der Waals surface area contributed by atoms with Crippen LogP contribution in [0.4, 0.5) is 0 Å². The van der Waals surface area contributed by atoms with E-state index in [1.807, 2.05) is 29.0 Å². The van der Waals surface area contributed by atoms with Gasteiger partial charge in [-0.15, -0.1) is 11.3 Å². The lowest BCUT2D eigenvalue weighted by atomic mass is 10.1. The first-order chi connectivity index (χ1) is 10.8. The molecule has 0 saturated heterocycles. The summed E-state index contributed by atoms with van der Waals surface area (Å²) in [6.45, 7) is 0. The zero-order valence-electron chi connectivity index (χ0n) is 11.7. The molecule has 0 radical (unpaired) electrons. The highest BCUT2D eigenvalue weighted by molar-refractivity contribution is 7.10. The second-order valence-electron chi connectivity index (χ2n) is 5.37. The Hall–Kier alpha value is -1.92. The van der Waals surface area contributed by atoms with E-state index < -0.39 is 0 Å². The van der Waals surface area contributed by atoms with Crippen LogP contribution in [0.1, 0.15) is 51.5 Å². The number of nitrogens with zero attached hydrogens (tertiary/aromatic N) is 1. The van der Waals surface area contributed by atoms with Crippen LogP contribution in [0.5, 0.6) is 0 Å². The van der Waals surface area contributed by atoms with Crippen molar-refractivity contribution >= 4 is 28.6 Å². The lowest BCUT2D eigenvalue weighted by Crippen LogP contribution is -2.28. The van der Waals surface area contributed by atoms with Crippen molar-refractivity contribution in [1.82, 2.24) is 10.5 Å². The molecule has 0 aliphatic heterocycles. The molecule has 1 amide bonds. The summed E-state index contributed by atoms with van der Waals surface area (Å²) in [4.78, 5) is 13.6. The van der Waals surface area contributed by atoms with Crippen molar-refractivity contribution < 1.29 is 9.32 Å². The summed E-state index contributed by atoms with van der Waals surface area (Å²) < 4.78 is 5.27. The van der Waals surface area contributed by atoms with Gasteiger partial charge in [0.25, 0.3) is 5.91 Å². The maximum Gasteiger partial charge on any atom is 0.274 e. The van der Waals surface area contributed by atoms with Gasteiger partial charge in [0.15, 0.2) is 5.69 Å². The van der Waals surface area contributed by atoms with Gasteiger partial charge in [-0.3, -0.25) is 4.79 Å². The number of thiophene rings is 2. The first-order valence-electron chi connectivity index (χ1n) is 7.14. The summed E-state index contributed by atoms with van der Waals surface area (Å²) in [5, 5.41) is 13.1. The molecule has 22 heavy (non-hydrogen) atoms. The van der Waals surface area contributed by atoms with Crippen LogP contribution in [0.2, 0.25) is 0 Å². The van der Waals surface area contributed by atoms with Crippen LogP contribution in [0.15, 0.2) is 44.9 Å². The van der Waals surface area contributed by atoms with Gasteiger partial charge in [0.2, 0.25) is 0 Å². The fourth-order valence-corrected chi connectivity index (χ4v) is 3.86. The summed E-state index contributed by atoms with van der Waals surface area (Å²) in [5.74, 6) is 1.09. The quantitative estimate of drug-likeness (QED) is 0.763. The van der Waals surface area contributed by atoms with Crippen molar-refractivity contribution in [2.75, 3.05) is 0 Å². The predicted octanol–water partition coefficient (Wildman–Crippen LogP) is 4.19. The third-order valence-corrected chi connectivity index (χ3v) is 5.36. The molecule has 1 N–H and O–H groups in total. The van der Waals surface area contributed by atoms with Gasteiger partial charge >= 0.3 is 0 Å². The van der Waals surface area contributed by atoms with E-state index in [1.165, 1.54) is 0 Å². The third-order valence-electron chi connectivity index (χ3n) is 3.72. The number of hydrogen-bond donors (Lipinski definition) is 1. The average molecular weight is 330 g/mol. The van der Waals surface area contributed by atoms with Crippen molar-refractivity contribution in [2.45, 2.75) is 24.8 Å². The second kappa shape index (κ2) is 5.70. The number of carbonyl (C=O) groups is 1. The molecule has 1 fully saturated rings. The molecule has 1 aliphatic carbocycles. The van der Waals surface area contributed by atoms with Crippen LogP contribution in [-0.4, -0.2) is 11.1 Å². The largest absolute Gasteiger partial charge is 0.360 e. The zero-order valence-corrected chi connectivity index (χ0v) is 13.3. The monoisotopic (exact) mass is 330 g/mol. The van der Waals surface area contributed by atoms with E-state index in [1.54, 1.807) is 28.7 Å². The van der Waals surface area contributed by atoms with Crippen LogP contribution in [0, 0.1) is 0 Å². The first kappa shape index (κ1) is 13.7. The number of amides is 1. The highest BCUT2D eigenvalue weighted by Crippen LogP contribution is 2.40. The maximum atomic E-state index is 12.5. The number of rotatable bonds is 5. The Morgan fingerprint density at radius 2 is 2.27 bits per heavy atom. The molecule has 1 aliphatic rings. The zero-order chi connectivity index (χ0) is 14.9. The third kappa shape index (κ3) is 2.71. The fraction of sp³-hybridized carbons (Fsp3) is 0.250. The Labute approximate surface area is 135 Å². The molecular formula is C16H14N2O2S2. The van der Waals surface area contributed by atoms with Gasteiger partial charge in [-0.05, 0) is 46.7 Å². The van der Waals surface area contributed by atoms with Crippen LogP contribution < -0.4 is 5.32 Å². The molecule has 0 unspecified atom stereocenters. The molecule has 1 saturated carbocycles. The number of nitrogens with one attached hydrogen (secondary N) is 1. The summed E-state index contributed by atoms with van der Waals surface area (Å²) in [6.07, 6.45) is 2.26. The Balaban J connectivity index is 1.56. The molecule has 3 heterocycles. The Morgan fingerprint density at radius 1 is 1.36 bits per heavy atom. The number of carbonyl (C=O) groups excluding carboxylic acids is 1. The van der Waals surface area contributed by atoms with Crippen molar-refractivity contribution in [3.8, 4) is 0 Å². The summed E-state index contributed by atoms with van der Waals surface area (Å²) in [5.41, 5.74) is 1.45. The summed E-state index contributed by atoms with van der Waals surface area (Å²) >= 11 is 3.26. The highest BCUT2D eigenvalue weighted by atomic mass is 32.1. The Kier molecular flexibility index (Phi) is 3.56. The lowest BCUT2D eigenvalue weighted by molar-refractivity contribution is 0.0934. The van der Waals surface area contributed by atoms with Gasteiger partial charge in [-0.25, -0.2) is 0 Å². The van der Waals surface area contributed by atoms with E-state index in [4.69, 9.17) is 4.52 Å². The maximum absolute atomic E-state index is 12.5. The van der Waals surface area contributed by atoms with Crippen LogP contribution in [0.25, 0.3) is 0 Å². The van der Waals surface area contributed by atoms with Crippen molar-refractivity contribution in [3.05, 3.63) is 62.3 Å². The number of aromatic nitrogens is 1. The summed E-state index contributed by atoms with van der Waals surface area (Å²) in [6, 6.07) is 7.69. The Bertz CT molecular complexity index is 724. The second-order valence-corrected chi connectivity index (χ2v) is 7.13. The van der Waals surface area contributed by atoms with E-state index in [0.29, 0.717) is 11.6 Å². The van der Waals surface area contributed by atoms with Gasteiger partial charge in [-0.1, -0.05) is 11.2 Å². The molecule has 112 valence electrons. The molecule has 1 atom stereocenters. The highest BCUT2D eigenvalue weighted by Gasteiger charge is 2.29. The van der Waals surface area contributed by atoms with Gasteiger partial charge in [0, 0.05) is 16.9 Å². The molecule has 4 nitrogen and oxygen atoms in total. The first-order valence-corrected chi connectivity index (χ1v) is 8.96. The van der Waals surface area contributed by atoms with Crippen molar-refractivity contribution in [1.29, 1.82) is 0 Å². The molecule has 0 spiro atoms. The minimum Gasteiger partial charge on any atom is -0.360 e. The molecule has 0 bridgehead atoms. The average Bonchev–Trinajstić information content (AvgIpc) is 3.03. The fourth-order valence-electron chi connectivity index (χ4n) is 2.38. The normalized spacial score (nSPS) is 15.6. The van der Waals surface area contributed by atoms with E-state index in [-0.39, 0.29) is 11.9 Å². The van der Waals surface area contributed by atoms with E-state index in [2.05, 4.69) is 15.9 Å². The van der Waals surface area contributed by atoms with Crippen LogP contribution in [0.3, 0.4) is 0 Å². The summed E-state index contributed by atoms with van der Waals surface area (Å²) in [7, 11) is 0. The van der Waals surface area contributed by atoms with Gasteiger partial charge in [0.05, 0.1) is 6.04 Å².